The summed E-state index contributed by atoms with van der Waals surface area (Å²) in [5.74, 6) is 0.836. The summed E-state index contributed by atoms with van der Waals surface area (Å²) in [7, 11) is 0. The molecule has 2 rings (SSSR count). The van der Waals surface area contributed by atoms with Gasteiger partial charge in [-0.15, -0.1) is 24.8 Å². The number of hydrogen-bond acceptors (Lipinski definition) is 5. The Labute approximate surface area is 121 Å². The Morgan fingerprint density at radius 3 is 2.22 bits per heavy atom. The van der Waals surface area contributed by atoms with E-state index in [4.69, 9.17) is 5.73 Å². The molecular formula is C11H21Cl2N5. The van der Waals surface area contributed by atoms with Crippen LogP contribution in [0.5, 0.6) is 0 Å². The second-order valence-electron chi connectivity index (χ2n) is 4.31. The van der Waals surface area contributed by atoms with Crippen molar-refractivity contribution in [2.45, 2.75) is 13.0 Å². The predicted molar refractivity (Wildman–Crippen MR) is 78.8 cm³/mol. The molecular weight excluding hydrogens is 273 g/mol. The number of halogens is 2. The van der Waals surface area contributed by atoms with Crippen LogP contribution in [0.2, 0.25) is 0 Å². The van der Waals surface area contributed by atoms with E-state index in [1.54, 1.807) is 12.4 Å². The fourth-order valence-electron chi connectivity index (χ4n) is 1.99. The molecule has 5 nitrogen and oxygen atoms in total. The van der Waals surface area contributed by atoms with Crippen LogP contribution >= 0.6 is 24.8 Å². The van der Waals surface area contributed by atoms with Gasteiger partial charge in [-0.05, 0) is 13.0 Å². The fraction of sp³-hybridized carbons (Fsp3) is 0.636. The monoisotopic (exact) mass is 293 g/mol. The third kappa shape index (κ3) is 4.94. The molecule has 7 heteroatoms. The van der Waals surface area contributed by atoms with Crippen molar-refractivity contribution in [1.82, 2.24) is 14.9 Å². The number of aromatic nitrogens is 2. The maximum atomic E-state index is 5.79. The molecule has 0 amide bonds. The Balaban J connectivity index is 0.00000144. The maximum Gasteiger partial charge on any atom is 0.225 e. The van der Waals surface area contributed by atoms with E-state index >= 15 is 0 Å². The van der Waals surface area contributed by atoms with Gasteiger partial charge in [0.25, 0.3) is 0 Å². The van der Waals surface area contributed by atoms with E-state index in [9.17, 15) is 0 Å². The highest BCUT2D eigenvalue weighted by Crippen LogP contribution is 2.09. The molecule has 1 fully saturated rings. The SMILES string of the molecule is CC(N)CN1CCN(c2ncccn2)CC1.Cl.Cl. The molecule has 2 heterocycles. The van der Waals surface area contributed by atoms with Gasteiger partial charge >= 0.3 is 0 Å². The van der Waals surface area contributed by atoms with Crippen LogP contribution in [0, 0.1) is 0 Å². The number of piperazine rings is 1. The minimum atomic E-state index is 0. The van der Waals surface area contributed by atoms with Crippen molar-refractivity contribution >= 4 is 30.8 Å². The molecule has 0 aromatic carbocycles. The van der Waals surface area contributed by atoms with Crippen LogP contribution in [0.25, 0.3) is 0 Å². The van der Waals surface area contributed by atoms with Gasteiger partial charge in [0.15, 0.2) is 0 Å². The Morgan fingerprint density at radius 2 is 1.72 bits per heavy atom. The Kier molecular flexibility index (Phi) is 8.18. The van der Waals surface area contributed by atoms with E-state index in [-0.39, 0.29) is 30.9 Å². The lowest BCUT2D eigenvalue weighted by molar-refractivity contribution is 0.245. The van der Waals surface area contributed by atoms with E-state index < -0.39 is 0 Å². The van der Waals surface area contributed by atoms with Crippen LogP contribution in [-0.2, 0) is 0 Å². The Morgan fingerprint density at radius 1 is 1.17 bits per heavy atom. The normalized spacial score (nSPS) is 17.6. The standard InChI is InChI=1S/C11H19N5.2ClH/c1-10(12)9-15-5-7-16(8-6-15)11-13-3-2-4-14-11;;/h2-4,10H,5-9,12H2,1H3;2*1H. The highest BCUT2D eigenvalue weighted by Gasteiger charge is 2.18. The number of nitrogens with zero attached hydrogens (tertiary/aromatic N) is 4. The van der Waals surface area contributed by atoms with E-state index in [2.05, 4.69) is 19.8 Å². The molecule has 1 aromatic heterocycles. The molecule has 0 spiro atoms. The van der Waals surface area contributed by atoms with Crippen LogP contribution in [0.15, 0.2) is 18.5 Å². The molecule has 1 aliphatic rings. The first-order chi connectivity index (χ1) is 7.75. The van der Waals surface area contributed by atoms with Crippen molar-refractivity contribution in [3.63, 3.8) is 0 Å². The van der Waals surface area contributed by atoms with Crippen molar-refractivity contribution < 1.29 is 0 Å². The quantitative estimate of drug-likeness (QED) is 0.893. The lowest BCUT2D eigenvalue weighted by atomic mass is 10.2. The third-order valence-electron chi connectivity index (χ3n) is 2.75. The first-order valence-electron chi connectivity index (χ1n) is 5.75. The number of nitrogens with two attached hydrogens (primary N) is 1. The predicted octanol–water partition coefficient (Wildman–Crippen LogP) is 0.789. The van der Waals surface area contributed by atoms with Gasteiger partial charge in [0, 0.05) is 51.2 Å². The molecule has 0 aliphatic carbocycles. The Hall–Kier alpha value is -0.620. The third-order valence-corrected chi connectivity index (χ3v) is 2.75. The number of rotatable bonds is 3. The molecule has 1 atom stereocenters. The summed E-state index contributed by atoms with van der Waals surface area (Å²) in [6.45, 7) is 7.07. The Bertz CT molecular complexity index is 314. The van der Waals surface area contributed by atoms with Crippen LogP contribution < -0.4 is 10.6 Å². The second kappa shape index (κ2) is 8.48. The molecule has 0 bridgehead atoms. The fourth-order valence-corrected chi connectivity index (χ4v) is 1.99. The van der Waals surface area contributed by atoms with Crippen molar-refractivity contribution in [3.05, 3.63) is 18.5 Å². The maximum absolute atomic E-state index is 5.79. The first kappa shape index (κ1) is 17.4. The van der Waals surface area contributed by atoms with Crippen LogP contribution in [0.1, 0.15) is 6.92 Å². The summed E-state index contributed by atoms with van der Waals surface area (Å²) in [6.07, 6.45) is 3.58. The molecule has 1 unspecified atom stereocenters. The van der Waals surface area contributed by atoms with Crippen molar-refractivity contribution in [2.75, 3.05) is 37.6 Å². The minimum absolute atomic E-state index is 0. The van der Waals surface area contributed by atoms with Gasteiger partial charge in [0.2, 0.25) is 5.95 Å². The molecule has 0 saturated carbocycles. The summed E-state index contributed by atoms with van der Waals surface area (Å²) in [5, 5.41) is 0. The van der Waals surface area contributed by atoms with Crippen molar-refractivity contribution in [2.24, 2.45) is 5.73 Å². The summed E-state index contributed by atoms with van der Waals surface area (Å²) < 4.78 is 0. The average Bonchev–Trinajstić information content (AvgIpc) is 2.30. The van der Waals surface area contributed by atoms with E-state index in [1.807, 2.05) is 13.0 Å². The van der Waals surface area contributed by atoms with Crippen LogP contribution in [0.4, 0.5) is 5.95 Å². The molecule has 1 aliphatic heterocycles. The summed E-state index contributed by atoms with van der Waals surface area (Å²) in [4.78, 5) is 13.1. The highest BCUT2D eigenvalue weighted by atomic mass is 35.5. The van der Waals surface area contributed by atoms with Gasteiger partial charge in [-0.3, -0.25) is 4.90 Å². The second-order valence-corrected chi connectivity index (χ2v) is 4.31. The van der Waals surface area contributed by atoms with E-state index in [0.717, 1.165) is 38.7 Å². The summed E-state index contributed by atoms with van der Waals surface area (Å²) in [5.41, 5.74) is 5.79. The zero-order chi connectivity index (χ0) is 11.4. The minimum Gasteiger partial charge on any atom is -0.338 e. The lowest BCUT2D eigenvalue weighted by Gasteiger charge is -2.35. The zero-order valence-corrected chi connectivity index (χ0v) is 12.2. The topological polar surface area (TPSA) is 58.3 Å². The van der Waals surface area contributed by atoms with Crippen LogP contribution in [0.3, 0.4) is 0 Å². The van der Waals surface area contributed by atoms with Crippen molar-refractivity contribution in [1.29, 1.82) is 0 Å². The summed E-state index contributed by atoms with van der Waals surface area (Å²) >= 11 is 0. The van der Waals surface area contributed by atoms with Gasteiger partial charge in [-0.1, -0.05) is 0 Å². The molecule has 18 heavy (non-hydrogen) atoms. The lowest BCUT2D eigenvalue weighted by Crippen LogP contribution is -2.49. The first-order valence-corrected chi connectivity index (χ1v) is 5.75. The summed E-state index contributed by atoms with van der Waals surface area (Å²) in [6, 6.07) is 2.09. The van der Waals surface area contributed by atoms with Gasteiger partial charge in [0.1, 0.15) is 0 Å². The smallest absolute Gasteiger partial charge is 0.225 e. The molecule has 0 radical (unpaired) electrons. The number of anilines is 1. The molecule has 104 valence electrons. The van der Waals surface area contributed by atoms with Crippen molar-refractivity contribution in [3.8, 4) is 0 Å². The van der Waals surface area contributed by atoms with Gasteiger partial charge in [-0.25, -0.2) is 9.97 Å². The largest absolute Gasteiger partial charge is 0.338 e. The highest BCUT2D eigenvalue weighted by molar-refractivity contribution is 5.85. The molecule has 1 aromatic rings. The number of hydrogen-bond donors (Lipinski definition) is 1. The van der Waals surface area contributed by atoms with Gasteiger partial charge in [-0.2, -0.15) is 0 Å². The van der Waals surface area contributed by atoms with Crippen LogP contribution in [-0.4, -0.2) is 53.6 Å². The zero-order valence-electron chi connectivity index (χ0n) is 10.5. The van der Waals surface area contributed by atoms with E-state index in [0.29, 0.717) is 0 Å². The van der Waals surface area contributed by atoms with E-state index in [1.165, 1.54) is 0 Å². The molecule has 2 N–H and O–H groups in total. The van der Waals surface area contributed by atoms with Gasteiger partial charge in [0.05, 0.1) is 0 Å². The molecule has 1 saturated heterocycles. The average molecular weight is 294 g/mol. The van der Waals surface area contributed by atoms with Gasteiger partial charge < -0.3 is 10.6 Å².